The van der Waals surface area contributed by atoms with Crippen molar-refractivity contribution in [2.24, 2.45) is 11.7 Å². The Hall–Kier alpha value is -2.02. The molecule has 1 aromatic carbocycles. The molecule has 1 atom stereocenters. The standard InChI is InChI=1S/C16H23F2N3O2/c1-11(2)8-13(22)21-14(12-6-4-3-5-7-12)15(23)20-10-16(17,18)9-19/h3-7,11,14H,8-10,19H2,1-2H3,(H,20,23)(H,21,22). The number of nitrogens with two attached hydrogens (primary N) is 1. The van der Waals surface area contributed by atoms with Crippen LogP contribution in [-0.4, -0.2) is 30.8 Å². The summed E-state index contributed by atoms with van der Waals surface area (Å²) >= 11 is 0. The van der Waals surface area contributed by atoms with E-state index in [1.165, 1.54) is 0 Å². The molecular weight excluding hydrogens is 304 g/mol. The van der Waals surface area contributed by atoms with Gasteiger partial charge in [-0.05, 0) is 11.5 Å². The maximum Gasteiger partial charge on any atom is 0.277 e. The summed E-state index contributed by atoms with van der Waals surface area (Å²) in [4.78, 5) is 24.2. The molecule has 1 unspecified atom stereocenters. The molecule has 0 aliphatic rings. The van der Waals surface area contributed by atoms with Gasteiger partial charge in [0.15, 0.2) is 0 Å². The summed E-state index contributed by atoms with van der Waals surface area (Å²) in [5, 5.41) is 4.74. The van der Waals surface area contributed by atoms with Crippen molar-refractivity contribution in [3.05, 3.63) is 35.9 Å². The molecular formula is C16H23F2N3O2. The number of hydrogen-bond acceptors (Lipinski definition) is 3. The monoisotopic (exact) mass is 327 g/mol. The van der Waals surface area contributed by atoms with E-state index in [-0.39, 0.29) is 18.2 Å². The Morgan fingerprint density at radius 1 is 1.22 bits per heavy atom. The van der Waals surface area contributed by atoms with E-state index in [2.05, 4.69) is 10.6 Å². The van der Waals surface area contributed by atoms with Gasteiger partial charge in [-0.2, -0.15) is 0 Å². The largest absolute Gasteiger partial charge is 0.348 e. The Balaban J connectivity index is 2.83. The molecule has 0 radical (unpaired) electrons. The Labute approximate surface area is 134 Å². The maximum atomic E-state index is 13.2. The van der Waals surface area contributed by atoms with Crippen LogP contribution in [0.25, 0.3) is 0 Å². The first-order valence-corrected chi connectivity index (χ1v) is 7.45. The number of carbonyl (C=O) groups excluding carboxylic acids is 2. The highest BCUT2D eigenvalue weighted by molar-refractivity contribution is 5.88. The Bertz CT molecular complexity index is 521. The summed E-state index contributed by atoms with van der Waals surface area (Å²) in [5.41, 5.74) is 5.47. The molecule has 1 aromatic rings. The average molecular weight is 327 g/mol. The lowest BCUT2D eigenvalue weighted by Crippen LogP contribution is -2.46. The summed E-state index contributed by atoms with van der Waals surface area (Å²) in [6.07, 6.45) is 0.246. The van der Waals surface area contributed by atoms with Crippen LogP contribution in [0.1, 0.15) is 31.9 Å². The van der Waals surface area contributed by atoms with E-state index >= 15 is 0 Å². The van der Waals surface area contributed by atoms with Crippen LogP contribution in [0, 0.1) is 5.92 Å². The number of nitrogens with one attached hydrogen (secondary N) is 2. The van der Waals surface area contributed by atoms with Crippen LogP contribution >= 0.6 is 0 Å². The van der Waals surface area contributed by atoms with Gasteiger partial charge in [-0.15, -0.1) is 0 Å². The molecule has 7 heteroatoms. The predicted octanol–water partition coefficient (Wildman–Crippen LogP) is 1.60. The first-order valence-electron chi connectivity index (χ1n) is 7.45. The highest BCUT2D eigenvalue weighted by Gasteiger charge is 2.30. The summed E-state index contributed by atoms with van der Waals surface area (Å²) in [7, 11) is 0. The Morgan fingerprint density at radius 2 is 1.83 bits per heavy atom. The first kappa shape index (κ1) is 19.0. The van der Waals surface area contributed by atoms with Crippen molar-refractivity contribution in [1.29, 1.82) is 0 Å². The van der Waals surface area contributed by atoms with Crippen molar-refractivity contribution in [2.75, 3.05) is 13.1 Å². The SMILES string of the molecule is CC(C)CC(=O)NC(C(=O)NCC(F)(F)CN)c1ccccc1. The zero-order chi connectivity index (χ0) is 17.5. The van der Waals surface area contributed by atoms with Crippen LogP contribution in [0.15, 0.2) is 30.3 Å². The fraction of sp³-hybridized carbons (Fsp3) is 0.500. The van der Waals surface area contributed by atoms with E-state index in [1.54, 1.807) is 30.3 Å². The molecule has 0 aliphatic heterocycles. The lowest BCUT2D eigenvalue weighted by molar-refractivity contribution is -0.130. The molecule has 0 bridgehead atoms. The van der Waals surface area contributed by atoms with Gasteiger partial charge >= 0.3 is 0 Å². The number of alkyl halides is 2. The summed E-state index contributed by atoms with van der Waals surface area (Å²) < 4.78 is 26.4. The molecule has 0 heterocycles. The highest BCUT2D eigenvalue weighted by Crippen LogP contribution is 2.15. The lowest BCUT2D eigenvalue weighted by atomic mass is 10.0. The van der Waals surface area contributed by atoms with Gasteiger partial charge in [-0.1, -0.05) is 44.2 Å². The van der Waals surface area contributed by atoms with Gasteiger partial charge in [-0.25, -0.2) is 8.78 Å². The fourth-order valence-corrected chi connectivity index (χ4v) is 1.93. The normalized spacial score (nSPS) is 12.8. The molecule has 0 saturated carbocycles. The molecule has 0 saturated heterocycles. The second-order valence-electron chi connectivity index (χ2n) is 5.79. The number of halogens is 2. The molecule has 0 fully saturated rings. The van der Waals surface area contributed by atoms with Crippen molar-refractivity contribution in [3.63, 3.8) is 0 Å². The lowest BCUT2D eigenvalue weighted by Gasteiger charge is -2.21. The number of rotatable bonds is 8. The van der Waals surface area contributed by atoms with Gasteiger partial charge in [0.2, 0.25) is 11.8 Å². The fourth-order valence-electron chi connectivity index (χ4n) is 1.93. The molecule has 0 spiro atoms. The minimum atomic E-state index is -3.18. The topological polar surface area (TPSA) is 84.2 Å². The van der Waals surface area contributed by atoms with Crippen molar-refractivity contribution in [3.8, 4) is 0 Å². The molecule has 128 valence electrons. The number of amides is 2. The van der Waals surface area contributed by atoms with E-state index < -0.39 is 31.0 Å². The highest BCUT2D eigenvalue weighted by atomic mass is 19.3. The van der Waals surface area contributed by atoms with Gasteiger partial charge in [0.25, 0.3) is 5.92 Å². The third kappa shape index (κ3) is 6.73. The molecule has 4 N–H and O–H groups in total. The van der Waals surface area contributed by atoms with Gasteiger partial charge in [-0.3, -0.25) is 9.59 Å². The van der Waals surface area contributed by atoms with E-state index in [0.29, 0.717) is 5.56 Å². The summed E-state index contributed by atoms with van der Waals surface area (Å²) in [6.45, 7) is 2.02. The first-order chi connectivity index (χ1) is 10.7. The number of carbonyl (C=O) groups is 2. The number of hydrogen-bond donors (Lipinski definition) is 3. The molecule has 0 aromatic heterocycles. The van der Waals surface area contributed by atoms with Crippen molar-refractivity contribution in [2.45, 2.75) is 32.2 Å². The third-order valence-electron chi connectivity index (χ3n) is 3.11. The smallest absolute Gasteiger partial charge is 0.277 e. The van der Waals surface area contributed by atoms with Crippen LogP contribution in [0.4, 0.5) is 8.78 Å². The van der Waals surface area contributed by atoms with E-state index in [9.17, 15) is 18.4 Å². The Morgan fingerprint density at radius 3 is 2.35 bits per heavy atom. The predicted molar refractivity (Wildman–Crippen MR) is 83.8 cm³/mol. The van der Waals surface area contributed by atoms with Gasteiger partial charge < -0.3 is 16.4 Å². The zero-order valence-corrected chi connectivity index (χ0v) is 13.3. The zero-order valence-electron chi connectivity index (χ0n) is 13.3. The van der Waals surface area contributed by atoms with Crippen LogP contribution in [0.2, 0.25) is 0 Å². The third-order valence-corrected chi connectivity index (χ3v) is 3.11. The van der Waals surface area contributed by atoms with Gasteiger partial charge in [0.1, 0.15) is 6.04 Å². The number of benzene rings is 1. The molecule has 0 aliphatic carbocycles. The average Bonchev–Trinajstić information content (AvgIpc) is 2.50. The minimum absolute atomic E-state index is 0.121. The second-order valence-corrected chi connectivity index (χ2v) is 5.79. The molecule has 2 amide bonds. The van der Waals surface area contributed by atoms with Crippen LogP contribution < -0.4 is 16.4 Å². The van der Waals surface area contributed by atoms with Crippen molar-refractivity contribution >= 4 is 11.8 Å². The quantitative estimate of drug-likeness (QED) is 0.678. The van der Waals surface area contributed by atoms with E-state index in [1.807, 2.05) is 13.8 Å². The molecule has 5 nitrogen and oxygen atoms in total. The summed E-state index contributed by atoms with van der Waals surface area (Å²) in [6, 6.07) is 7.46. The van der Waals surface area contributed by atoms with Crippen LogP contribution in [0.3, 0.4) is 0 Å². The minimum Gasteiger partial charge on any atom is -0.348 e. The molecule has 1 rings (SSSR count). The van der Waals surface area contributed by atoms with Gasteiger partial charge in [0, 0.05) is 6.42 Å². The second kappa shape index (κ2) is 8.57. The van der Waals surface area contributed by atoms with Crippen molar-refractivity contribution < 1.29 is 18.4 Å². The Kier molecular flexibility index (Phi) is 7.09. The molecule has 23 heavy (non-hydrogen) atoms. The van der Waals surface area contributed by atoms with Gasteiger partial charge in [0.05, 0.1) is 13.1 Å². The van der Waals surface area contributed by atoms with Crippen molar-refractivity contribution in [1.82, 2.24) is 10.6 Å². The van der Waals surface area contributed by atoms with Crippen LogP contribution in [0.5, 0.6) is 0 Å². The maximum absolute atomic E-state index is 13.2. The van der Waals surface area contributed by atoms with E-state index in [4.69, 9.17) is 5.73 Å². The summed E-state index contributed by atoms with van der Waals surface area (Å²) in [5.74, 6) is -4.06. The van der Waals surface area contributed by atoms with Crippen LogP contribution in [-0.2, 0) is 9.59 Å². The van der Waals surface area contributed by atoms with E-state index in [0.717, 1.165) is 0 Å².